The number of aromatic nitrogens is 1. The van der Waals surface area contributed by atoms with Crippen LogP contribution in [0.3, 0.4) is 0 Å². The van der Waals surface area contributed by atoms with E-state index in [0.717, 1.165) is 0 Å². The highest BCUT2D eigenvalue weighted by molar-refractivity contribution is 9.10. The number of hydrogen-bond acceptors (Lipinski definition) is 5. The van der Waals surface area contributed by atoms with Gasteiger partial charge in [-0.1, -0.05) is 0 Å². The SMILES string of the molecule is C[C@H]1C[C@H](OC(=O)c2cncc(Br)c2)C(=O)O1. The fourth-order valence-corrected chi connectivity index (χ4v) is 1.90. The summed E-state index contributed by atoms with van der Waals surface area (Å²) in [4.78, 5) is 26.9. The molecule has 1 aliphatic rings. The van der Waals surface area contributed by atoms with Gasteiger partial charge >= 0.3 is 11.9 Å². The molecule has 0 saturated carbocycles. The van der Waals surface area contributed by atoms with Crippen molar-refractivity contribution in [2.45, 2.75) is 25.6 Å². The molecule has 2 atom stereocenters. The summed E-state index contributed by atoms with van der Waals surface area (Å²) in [5.74, 6) is -1.07. The van der Waals surface area contributed by atoms with E-state index >= 15 is 0 Å². The Hall–Kier alpha value is -1.43. The number of cyclic esters (lactones) is 1. The summed E-state index contributed by atoms with van der Waals surface area (Å²) in [5, 5.41) is 0. The molecule has 2 rings (SSSR count). The van der Waals surface area contributed by atoms with Crippen molar-refractivity contribution in [1.29, 1.82) is 0 Å². The van der Waals surface area contributed by atoms with E-state index in [1.807, 2.05) is 0 Å². The van der Waals surface area contributed by atoms with Gasteiger partial charge < -0.3 is 9.47 Å². The fourth-order valence-electron chi connectivity index (χ4n) is 1.54. The molecule has 1 aromatic rings. The van der Waals surface area contributed by atoms with Gasteiger partial charge in [0.05, 0.1) is 5.56 Å². The lowest BCUT2D eigenvalue weighted by Gasteiger charge is -2.07. The van der Waals surface area contributed by atoms with Gasteiger partial charge in [0, 0.05) is 23.3 Å². The highest BCUT2D eigenvalue weighted by Gasteiger charge is 2.35. The number of halogens is 1. The topological polar surface area (TPSA) is 65.5 Å². The van der Waals surface area contributed by atoms with E-state index in [2.05, 4.69) is 20.9 Å². The highest BCUT2D eigenvalue weighted by atomic mass is 79.9. The molecule has 1 aromatic heterocycles. The lowest BCUT2D eigenvalue weighted by atomic mass is 10.2. The molecule has 0 spiro atoms. The van der Waals surface area contributed by atoms with Crippen LogP contribution in [0.1, 0.15) is 23.7 Å². The summed E-state index contributed by atoms with van der Waals surface area (Å²) in [6.45, 7) is 1.76. The van der Waals surface area contributed by atoms with Gasteiger partial charge in [0.2, 0.25) is 6.10 Å². The Morgan fingerprint density at radius 2 is 2.35 bits per heavy atom. The van der Waals surface area contributed by atoms with Crippen molar-refractivity contribution in [2.75, 3.05) is 0 Å². The first-order valence-corrected chi connectivity index (χ1v) is 5.87. The average Bonchev–Trinajstić information content (AvgIpc) is 2.57. The van der Waals surface area contributed by atoms with Crippen molar-refractivity contribution in [3.63, 3.8) is 0 Å². The predicted molar refractivity (Wildman–Crippen MR) is 61.3 cm³/mol. The predicted octanol–water partition coefficient (Wildman–Crippen LogP) is 1.70. The highest BCUT2D eigenvalue weighted by Crippen LogP contribution is 2.19. The van der Waals surface area contributed by atoms with E-state index in [9.17, 15) is 9.59 Å². The molecule has 5 nitrogen and oxygen atoms in total. The first kappa shape index (κ1) is 12.0. The maximum atomic E-state index is 11.7. The Morgan fingerprint density at radius 3 is 2.94 bits per heavy atom. The molecule has 0 radical (unpaired) electrons. The standard InChI is InChI=1S/C11H10BrNO4/c1-6-2-9(11(15)16-6)17-10(14)7-3-8(12)5-13-4-7/h3-6,9H,2H2,1H3/t6-,9-/m0/s1. The van der Waals surface area contributed by atoms with Crippen molar-refractivity contribution < 1.29 is 19.1 Å². The number of ether oxygens (including phenoxy) is 2. The summed E-state index contributed by atoms with van der Waals surface area (Å²) in [7, 11) is 0. The Morgan fingerprint density at radius 1 is 1.59 bits per heavy atom. The molecule has 6 heteroatoms. The molecular weight excluding hydrogens is 290 g/mol. The fraction of sp³-hybridized carbons (Fsp3) is 0.364. The summed E-state index contributed by atoms with van der Waals surface area (Å²) < 4.78 is 10.6. The monoisotopic (exact) mass is 299 g/mol. The number of esters is 2. The van der Waals surface area contributed by atoms with Gasteiger partial charge in [-0.25, -0.2) is 9.59 Å². The molecule has 0 aromatic carbocycles. The number of nitrogens with zero attached hydrogens (tertiary/aromatic N) is 1. The van der Waals surface area contributed by atoms with Crippen LogP contribution in [-0.2, 0) is 14.3 Å². The Labute approximate surface area is 106 Å². The smallest absolute Gasteiger partial charge is 0.347 e. The quantitative estimate of drug-likeness (QED) is 0.778. The van der Waals surface area contributed by atoms with Crippen molar-refractivity contribution in [1.82, 2.24) is 4.98 Å². The minimum atomic E-state index is -0.809. The van der Waals surface area contributed by atoms with Gasteiger partial charge in [0.25, 0.3) is 0 Å². The largest absolute Gasteiger partial charge is 0.460 e. The zero-order valence-corrected chi connectivity index (χ0v) is 10.6. The molecule has 1 saturated heterocycles. The molecule has 90 valence electrons. The van der Waals surface area contributed by atoms with Crippen LogP contribution >= 0.6 is 15.9 Å². The third-order valence-corrected chi connectivity index (χ3v) is 2.75. The Kier molecular flexibility index (Phi) is 3.42. The van der Waals surface area contributed by atoms with Crippen molar-refractivity contribution >= 4 is 27.9 Å². The van der Waals surface area contributed by atoms with Crippen LogP contribution in [0.5, 0.6) is 0 Å². The van der Waals surface area contributed by atoms with Gasteiger partial charge in [-0.05, 0) is 28.9 Å². The molecule has 0 unspecified atom stereocenters. The first-order valence-electron chi connectivity index (χ1n) is 5.08. The maximum Gasteiger partial charge on any atom is 0.347 e. The second-order valence-corrected chi connectivity index (χ2v) is 4.68. The molecule has 0 amide bonds. The van der Waals surface area contributed by atoms with Crippen LogP contribution in [0.15, 0.2) is 22.9 Å². The summed E-state index contributed by atoms with van der Waals surface area (Å²) in [6.07, 6.45) is 2.32. The van der Waals surface area contributed by atoms with Crippen LogP contribution in [0.2, 0.25) is 0 Å². The molecule has 0 aliphatic carbocycles. The van der Waals surface area contributed by atoms with Gasteiger partial charge in [0.15, 0.2) is 0 Å². The Bertz CT molecular complexity index is 463. The molecular formula is C11H10BrNO4. The van der Waals surface area contributed by atoms with E-state index in [0.29, 0.717) is 16.5 Å². The normalized spacial score (nSPS) is 23.3. The van der Waals surface area contributed by atoms with Crippen LogP contribution in [-0.4, -0.2) is 29.1 Å². The molecule has 17 heavy (non-hydrogen) atoms. The zero-order chi connectivity index (χ0) is 12.4. The lowest BCUT2D eigenvalue weighted by molar-refractivity contribution is -0.147. The third kappa shape index (κ3) is 2.82. The van der Waals surface area contributed by atoms with E-state index in [-0.39, 0.29) is 6.10 Å². The number of pyridine rings is 1. The van der Waals surface area contributed by atoms with E-state index < -0.39 is 18.0 Å². The van der Waals surface area contributed by atoms with Crippen molar-refractivity contribution in [3.8, 4) is 0 Å². The number of hydrogen-bond donors (Lipinski definition) is 0. The van der Waals surface area contributed by atoms with Crippen LogP contribution in [0.4, 0.5) is 0 Å². The summed E-state index contributed by atoms with van der Waals surface area (Å²) in [5.41, 5.74) is 0.298. The first-order chi connectivity index (χ1) is 8.06. The second-order valence-electron chi connectivity index (χ2n) is 3.77. The van der Waals surface area contributed by atoms with Gasteiger partial charge in [-0.2, -0.15) is 0 Å². The van der Waals surface area contributed by atoms with Gasteiger partial charge in [-0.3, -0.25) is 4.98 Å². The van der Waals surface area contributed by atoms with Crippen LogP contribution in [0.25, 0.3) is 0 Å². The Balaban J connectivity index is 2.05. The summed E-state index contributed by atoms with van der Waals surface area (Å²) in [6, 6.07) is 1.58. The number of carbonyl (C=O) groups excluding carboxylic acids is 2. The average molecular weight is 300 g/mol. The molecule has 1 fully saturated rings. The zero-order valence-electron chi connectivity index (χ0n) is 9.05. The molecule has 0 bridgehead atoms. The van der Waals surface area contributed by atoms with E-state index in [1.54, 1.807) is 19.2 Å². The van der Waals surface area contributed by atoms with Crippen LogP contribution < -0.4 is 0 Å². The number of rotatable bonds is 2. The molecule has 0 N–H and O–H groups in total. The minimum Gasteiger partial charge on any atom is -0.460 e. The maximum absolute atomic E-state index is 11.7. The summed E-state index contributed by atoms with van der Waals surface area (Å²) >= 11 is 3.20. The van der Waals surface area contributed by atoms with Crippen molar-refractivity contribution in [3.05, 3.63) is 28.5 Å². The minimum absolute atomic E-state index is 0.207. The second kappa shape index (κ2) is 4.83. The van der Waals surface area contributed by atoms with E-state index in [4.69, 9.17) is 9.47 Å². The lowest BCUT2D eigenvalue weighted by Crippen LogP contribution is -2.22. The van der Waals surface area contributed by atoms with Gasteiger partial charge in [-0.15, -0.1) is 0 Å². The van der Waals surface area contributed by atoms with E-state index in [1.165, 1.54) is 6.20 Å². The van der Waals surface area contributed by atoms with Crippen molar-refractivity contribution in [2.24, 2.45) is 0 Å². The van der Waals surface area contributed by atoms with Gasteiger partial charge in [0.1, 0.15) is 6.10 Å². The van der Waals surface area contributed by atoms with Crippen LogP contribution in [0, 0.1) is 0 Å². The number of carbonyl (C=O) groups is 2. The molecule has 1 aliphatic heterocycles. The third-order valence-electron chi connectivity index (χ3n) is 2.32. The molecule has 2 heterocycles.